The number of piperidine rings is 1. The minimum atomic E-state index is -3.69. The van der Waals surface area contributed by atoms with Crippen molar-refractivity contribution in [3.8, 4) is 0 Å². The molecule has 1 fully saturated rings. The summed E-state index contributed by atoms with van der Waals surface area (Å²) in [6, 6.07) is 5.67. The lowest BCUT2D eigenvalue weighted by Crippen LogP contribution is -2.49. The molecule has 0 aliphatic carbocycles. The number of likely N-dealkylation sites (tertiary alicyclic amines) is 1. The number of hydrogen-bond donors (Lipinski definition) is 1. The van der Waals surface area contributed by atoms with Crippen molar-refractivity contribution >= 4 is 31.9 Å². The monoisotopic (exact) mass is 388 g/mol. The molecular weight excluding hydrogens is 368 g/mol. The van der Waals surface area contributed by atoms with Crippen molar-refractivity contribution in [3.05, 3.63) is 28.7 Å². The molecular formula is C15H21BrN2O3S. The predicted molar refractivity (Wildman–Crippen MR) is 89.0 cm³/mol. The molecule has 1 aliphatic rings. The number of benzene rings is 1. The normalized spacial score (nSPS) is 17.3. The smallest absolute Gasteiger partial charge is 0.241 e. The molecule has 1 heterocycles. The third-order valence-electron chi connectivity index (χ3n) is 3.80. The Morgan fingerprint density at radius 1 is 1.23 bits per heavy atom. The maximum absolute atomic E-state index is 12.5. The molecule has 0 spiro atoms. The number of sulfonamides is 1. The van der Waals surface area contributed by atoms with Gasteiger partial charge in [0.15, 0.2) is 0 Å². The van der Waals surface area contributed by atoms with E-state index in [4.69, 9.17) is 0 Å². The van der Waals surface area contributed by atoms with Gasteiger partial charge in [0.2, 0.25) is 15.9 Å². The molecule has 5 nitrogen and oxygen atoms in total. The van der Waals surface area contributed by atoms with Crippen LogP contribution < -0.4 is 4.72 Å². The summed E-state index contributed by atoms with van der Waals surface area (Å²) in [4.78, 5) is 14.4. The third kappa shape index (κ3) is 4.30. The van der Waals surface area contributed by atoms with Crippen molar-refractivity contribution < 1.29 is 13.2 Å². The van der Waals surface area contributed by atoms with E-state index in [9.17, 15) is 13.2 Å². The van der Waals surface area contributed by atoms with Crippen molar-refractivity contribution in [1.82, 2.24) is 9.62 Å². The minimum Gasteiger partial charge on any atom is -0.341 e. The van der Waals surface area contributed by atoms with E-state index in [0.29, 0.717) is 6.42 Å². The molecule has 1 unspecified atom stereocenters. The first-order valence-corrected chi connectivity index (χ1v) is 9.78. The second-order valence-corrected chi connectivity index (χ2v) is 8.05. The van der Waals surface area contributed by atoms with Gasteiger partial charge in [-0.15, -0.1) is 0 Å². The summed E-state index contributed by atoms with van der Waals surface area (Å²) in [5.41, 5.74) is 0. The lowest BCUT2D eigenvalue weighted by Gasteiger charge is -2.30. The molecule has 2 rings (SSSR count). The van der Waals surface area contributed by atoms with Crippen LogP contribution in [-0.2, 0) is 14.8 Å². The van der Waals surface area contributed by atoms with Crippen LogP contribution in [0.1, 0.15) is 32.6 Å². The summed E-state index contributed by atoms with van der Waals surface area (Å²) in [7, 11) is -3.69. The molecule has 1 aliphatic heterocycles. The largest absolute Gasteiger partial charge is 0.341 e. The SMILES string of the molecule is CCC(NS(=O)(=O)c1ccc(Br)cc1)C(=O)N1CCCCC1. The zero-order chi connectivity index (χ0) is 16.2. The zero-order valence-electron chi connectivity index (χ0n) is 12.6. The van der Waals surface area contributed by atoms with Crippen LogP contribution in [0.2, 0.25) is 0 Å². The lowest BCUT2D eigenvalue weighted by molar-refractivity contribution is -0.133. The molecule has 1 aromatic rings. The number of rotatable bonds is 5. The predicted octanol–water partition coefficient (Wildman–Crippen LogP) is 2.52. The summed E-state index contributed by atoms with van der Waals surface area (Å²) in [6.45, 7) is 3.25. The van der Waals surface area contributed by atoms with Gasteiger partial charge >= 0.3 is 0 Å². The average molecular weight is 389 g/mol. The Morgan fingerprint density at radius 3 is 2.36 bits per heavy atom. The summed E-state index contributed by atoms with van der Waals surface area (Å²) in [5, 5.41) is 0. The highest BCUT2D eigenvalue weighted by Crippen LogP contribution is 2.16. The van der Waals surface area contributed by atoms with Crippen LogP contribution in [0, 0.1) is 0 Å². The van der Waals surface area contributed by atoms with Crippen LogP contribution >= 0.6 is 15.9 Å². The van der Waals surface area contributed by atoms with Crippen molar-refractivity contribution in [1.29, 1.82) is 0 Å². The molecule has 1 aromatic carbocycles. The van der Waals surface area contributed by atoms with Gasteiger partial charge < -0.3 is 4.90 Å². The first kappa shape index (κ1) is 17.4. The Hall–Kier alpha value is -0.920. The first-order valence-electron chi connectivity index (χ1n) is 7.50. The number of amides is 1. The van der Waals surface area contributed by atoms with Crippen LogP contribution in [0.25, 0.3) is 0 Å². The van der Waals surface area contributed by atoms with Crippen molar-refractivity contribution in [2.45, 2.75) is 43.5 Å². The molecule has 0 radical (unpaired) electrons. The molecule has 0 bridgehead atoms. The third-order valence-corrected chi connectivity index (χ3v) is 5.81. The molecule has 7 heteroatoms. The molecule has 0 saturated carbocycles. The van der Waals surface area contributed by atoms with E-state index < -0.39 is 16.1 Å². The Labute approximate surface area is 140 Å². The van der Waals surface area contributed by atoms with Gasteiger partial charge in [-0.2, -0.15) is 4.72 Å². The molecule has 22 heavy (non-hydrogen) atoms. The van der Waals surface area contributed by atoms with E-state index in [1.165, 1.54) is 12.1 Å². The second-order valence-electron chi connectivity index (χ2n) is 5.42. The van der Waals surface area contributed by atoms with Crippen molar-refractivity contribution in [2.24, 2.45) is 0 Å². The Morgan fingerprint density at radius 2 is 1.82 bits per heavy atom. The summed E-state index contributed by atoms with van der Waals surface area (Å²) >= 11 is 3.28. The minimum absolute atomic E-state index is 0.122. The van der Waals surface area contributed by atoms with Gasteiger partial charge in [-0.1, -0.05) is 22.9 Å². The molecule has 1 N–H and O–H groups in total. The van der Waals surface area contributed by atoms with Crippen LogP contribution in [0.3, 0.4) is 0 Å². The van der Waals surface area contributed by atoms with Gasteiger partial charge in [-0.25, -0.2) is 8.42 Å². The maximum atomic E-state index is 12.5. The topological polar surface area (TPSA) is 66.5 Å². The van der Waals surface area contributed by atoms with E-state index in [2.05, 4.69) is 20.7 Å². The molecule has 0 aromatic heterocycles. The van der Waals surface area contributed by atoms with Crippen LogP contribution in [0.15, 0.2) is 33.6 Å². The highest BCUT2D eigenvalue weighted by molar-refractivity contribution is 9.10. The Bertz CT molecular complexity index is 610. The number of hydrogen-bond acceptors (Lipinski definition) is 3. The van der Waals surface area contributed by atoms with Gasteiger partial charge in [0.25, 0.3) is 0 Å². The van der Waals surface area contributed by atoms with Crippen molar-refractivity contribution in [2.75, 3.05) is 13.1 Å². The molecule has 1 atom stereocenters. The van der Waals surface area contributed by atoms with E-state index in [1.807, 2.05) is 6.92 Å². The quantitative estimate of drug-likeness (QED) is 0.842. The van der Waals surface area contributed by atoms with E-state index in [0.717, 1.165) is 36.8 Å². The van der Waals surface area contributed by atoms with Gasteiger partial charge in [-0.05, 0) is 49.9 Å². The standard InChI is InChI=1S/C15H21BrN2O3S/c1-2-14(15(19)18-10-4-3-5-11-18)17-22(20,21)13-8-6-12(16)7-9-13/h6-9,14,17H,2-5,10-11H2,1H3. The fraction of sp³-hybridized carbons (Fsp3) is 0.533. The van der Waals surface area contributed by atoms with E-state index in [1.54, 1.807) is 17.0 Å². The summed E-state index contributed by atoms with van der Waals surface area (Å²) in [5.74, 6) is -0.122. The lowest BCUT2D eigenvalue weighted by atomic mass is 10.1. The van der Waals surface area contributed by atoms with Gasteiger partial charge in [0.1, 0.15) is 6.04 Å². The molecule has 122 valence electrons. The fourth-order valence-electron chi connectivity index (χ4n) is 2.51. The summed E-state index contributed by atoms with van der Waals surface area (Å²) in [6.07, 6.45) is 3.54. The Kier molecular flexibility index (Phi) is 6.00. The number of carbonyl (C=O) groups excluding carboxylic acids is 1. The maximum Gasteiger partial charge on any atom is 0.241 e. The van der Waals surface area contributed by atoms with Crippen LogP contribution in [0.4, 0.5) is 0 Å². The number of nitrogens with zero attached hydrogens (tertiary/aromatic N) is 1. The fourth-order valence-corrected chi connectivity index (χ4v) is 4.05. The first-order chi connectivity index (χ1) is 10.4. The van der Waals surface area contributed by atoms with Gasteiger partial charge in [-0.3, -0.25) is 4.79 Å². The van der Waals surface area contributed by atoms with Crippen LogP contribution in [-0.4, -0.2) is 38.4 Å². The second kappa shape index (κ2) is 7.57. The van der Waals surface area contributed by atoms with E-state index in [-0.39, 0.29) is 10.8 Å². The zero-order valence-corrected chi connectivity index (χ0v) is 15.0. The van der Waals surface area contributed by atoms with E-state index >= 15 is 0 Å². The molecule has 1 saturated heterocycles. The Balaban J connectivity index is 2.11. The number of halogens is 1. The van der Waals surface area contributed by atoms with Gasteiger partial charge in [0, 0.05) is 17.6 Å². The van der Waals surface area contributed by atoms with Crippen LogP contribution in [0.5, 0.6) is 0 Å². The number of nitrogens with one attached hydrogen (secondary N) is 1. The number of carbonyl (C=O) groups is 1. The highest BCUT2D eigenvalue weighted by atomic mass is 79.9. The summed E-state index contributed by atoms with van der Waals surface area (Å²) < 4.78 is 28.2. The highest BCUT2D eigenvalue weighted by Gasteiger charge is 2.28. The van der Waals surface area contributed by atoms with Crippen molar-refractivity contribution in [3.63, 3.8) is 0 Å². The van der Waals surface area contributed by atoms with Gasteiger partial charge in [0.05, 0.1) is 4.90 Å². The molecule has 1 amide bonds. The average Bonchev–Trinajstić information content (AvgIpc) is 2.53.